The normalized spacial score (nSPS) is 13.3. The molecule has 0 aliphatic heterocycles. The highest BCUT2D eigenvalue weighted by molar-refractivity contribution is 6.22. The Kier molecular flexibility index (Phi) is 4.19. The van der Waals surface area contributed by atoms with E-state index >= 15 is 0 Å². The Morgan fingerprint density at radius 2 is 1.60 bits per heavy atom. The average molecular weight is 291 g/mol. The SMILES string of the molecule is Cc1cccc(C(Cl)c2ccc(C(C)(C)C)cc2)c1F. The molecule has 0 aromatic heterocycles. The molecule has 2 aromatic rings. The van der Waals surface area contributed by atoms with E-state index in [9.17, 15) is 4.39 Å². The van der Waals surface area contributed by atoms with Crippen molar-refractivity contribution in [2.75, 3.05) is 0 Å². The highest BCUT2D eigenvalue weighted by atomic mass is 35.5. The van der Waals surface area contributed by atoms with Crippen LogP contribution in [0, 0.1) is 12.7 Å². The van der Waals surface area contributed by atoms with Gasteiger partial charge in [-0.2, -0.15) is 0 Å². The van der Waals surface area contributed by atoms with E-state index in [2.05, 4.69) is 32.9 Å². The minimum atomic E-state index is -0.455. The van der Waals surface area contributed by atoms with Crippen molar-refractivity contribution in [2.24, 2.45) is 0 Å². The van der Waals surface area contributed by atoms with Gasteiger partial charge in [0.05, 0.1) is 5.38 Å². The van der Waals surface area contributed by atoms with Gasteiger partial charge in [0, 0.05) is 5.56 Å². The predicted molar refractivity (Wildman–Crippen MR) is 84.0 cm³/mol. The number of hydrogen-bond donors (Lipinski definition) is 0. The molecule has 0 radical (unpaired) electrons. The zero-order chi connectivity index (χ0) is 14.9. The molecule has 0 amide bonds. The zero-order valence-electron chi connectivity index (χ0n) is 12.4. The molecule has 0 nitrogen and oxygen atoms in total. The van der Waals surface area contributed by atoms with Crippen LogP contribution in [0.5, 0.6) is 0 Å². The van der Waals surface area contributed by atoms with Crippen LogP contribution in [0.15, 0.2) is 42.5 Å². The lowest BCUT2D eigenvalue weighted by Crippen LogP contribution is -2.11. The Labute approximate surface area is 125 Å². The van der Waals surface area contributed by atoms with Gasteiger partial charge in [-0.05, 0) is 29.0 Å². The molecule has 106 valence electrons. The molecule has 0 fully saturated rings. The molecule has 0 aliphatic rings. The quantitative estimate of drug-likeness (QED) is 0.617. The van der Waals surface area contributed by atoms with Gasteiger partial charge >= 0.3 is 0 Å². The van der Waals surface area contributed by atoms with Crippen LogP contribution >= 0.6 is 11.6 Å². The summed E-state index contributed by atoms with van der Waals surface area (Å²) in [7, 11) is 0. The van der Waals surface area contributed by atoms with Crippen LogP contribution in [0.4, 0.5) is 4.39 Å². The molecular weight excluding hydrogens is 271 g/mol. The fourth-order valence-corrected chi connectivity index (χ4v) is 2.51. The molecule has 0 N–H and O–H groups in total. The highest BCUT2D eigenvalue weighted by Gasteiger charge is 2.18. The number of benzene rings is 2. The first kappa shape index (κ1) is 15.1. The van der Waals surface area contributed by atoms with Crippen LogP contribution in [0.3, 0.4) is 0 Å². The molecular formula is C18H20ClF. The molecule has 20 heavy (non-hydrogen) atoms. The summed E-state index contributed by atoms with van der Waals surface area (Å²) in [5.41, 5.74) is 3.43. The van der Waals surface area contributed by atoms with Gasteiger partial charge in [-0.15, -0.1) is 11.6 Å². The van der Waals surface area contributed by atoms with Crippen LogP contribution < -0.4 is 0 Å². The smallest absolute Gasteiger partial charge is 0.131 e. The lowest BCUT2D eigenvalue weighted by molar-refractivity contribution is 0.589. The molecule has 2 rings (SSSR count). The predicted octanol–water partition coefficient (Wildman–Crippen LogP) is 5.76. The Balaban J connectivity index is 2.34. The van der Waals surface area contributed by atoms with Crippen molar-refractivity contribution >= 4 is 11.6 Å². The summed E-state index contributed by atoms with van der Waals surface area (Å²) in [6, 6.07) is 13.5. The van der Waals surface area contributed by atoms with Crippen molar-refractivity contribution < 1.29 is 4.39 Å². The van der Waals surface area contributed by atoms with Gasteiger partial charge in [0.15, 0.2) is 0 Å². The van der Waals surface area contributed by atoms with Crippen LogP contribution in [0.2, 0.25) is 0 Å². The summed E-state index contributed by atoms with van der Waals surface area (Å²) < 4.78 is 14.1. The third-order valence-corrected chi connectivity index (χ3v) is 4.05. The average Bonchev–Trinajstić information content (AvgIpc) is 2.40. The fourth-order valence-electron chi connectivity index (χ4n) is 2.20. The van der Waals surface area contributed by atoms with Crippen molar-refractivity contribution in [2.45, 2.75) is 38.5 Å². The second-order valence-corrected chi connectivity index (χ2v) is 6.65. The zero-order valence-corrected chi connectivity index (χ0v) is 13.1. The maximum absolute atomic E-state index is 14.1. The molecule has 2 heteroatoms. The van der Waals surface area contributed by atoms with Crippen molar-refractivity contribution in [1.29, 1.82) is 0 Å². The third kappa shape index (κ3) is 3.04. The second-order valence-electron chi connectivity index (χ2n) is 6.21. The summed E-state index contributed by atoms with van der Waals surface area (Å²) in [5.74, 6) is -0.215. The Morgan fingerprint density at radius 1 is 1.00 bits per heavy atom. The Hall–Kier alpha value is -1.34. The van der Waals surface area contributed by atoms with E-state index in [-0.39, 0.29) is 11.2 Å². The molecule has 0 saturated heterocycles. The largest absolute Gasteiger partial charge is 0.206 e. The maximum atomic E-state index is 14.1. The first-order valence-corrected chi connectivity index (χ1v) is 7.24. The van der Waals surface area contributed by atoms with E-state index in [1.54, 1.807) is 19.1 Å². The van der Waals surface area contributed by atoms with Crippen molar-refractivity contribution in [3.05, 3.63) is 70.5 Å². The van der Waals surface area contributed by atoms with Crippen molar-refractivity contribution in [3.63, 3.8) is 0 Å². The molecule has 0 aliphatic carbocycles. The van der Waals surface area contributed by atoms with Gasteiger partial charge in [-0.3, -0.25) is 0 Å². The number of halogens is 2. The van der Waals surface area contributed by atoms with Gasteiger partial charge in [-0.25, -0.2) is 4.39 Å². The first-order valence-electron chi connectivity index (χ1n) is 6.80. The van der Waals surface area contributed by atoms with Gasteiger partial charge < -0.3 is 0 Å². The topological polar surface area (TPSA) is 0 Å². The number of rotatable bonds is 2. The molecule has 1 atom stereocenters. The minimum absolute atomic E-state index is 0.106. The van der Waals surface area contributed by atoms with Crippen LogP contribution in [0.1, 0.15) is 48.4 Å². The molecule has 0 saturated carbocycles. The Morgan fingerprint density at radius 3 is 2.15 bits per heavy atom. The van der Waals surface area contributed by atoms with Gasteiger partial charge in [0.25, 0.3) is 0 Å². The maximum Gasteiger partial charge on any atom is 0.131 e. The summed E-state index contributed by atoms with van der Waals surface area (Å²) >= 11 is 6.44. The fraction of sp³-hybridized carbons (Fsp3) is 0.333. The highest BCUT2D eigenvalue weighted by Crippen LogP contribution is 2.33. The molecule has 0 heterocycles. The molecule has 0 spiro atoms. The number of alkyl halides is 1. The second kappa shape index (κ2) is 5.57. The van der Waals surface area contributed by atoms with E-state index in [1.165, 1.54) is 5.56 Å². The Bertz CT molecular complexity index is 594. The third-order valence-electron chi connectivity index (χ3n) is 3.56. The number of hydrogen-bond acceptors (Lipinski definition) is 0. The van der Waals surface area contributed by atoms with E-state index in [4.69, 9.17) is 11.6 Å². The van der Waals surface area contributed by atoms with Crippen LogP contribution in [-0.2, 0) is 5.41 Å². The van der Waals surface area contributed by atoms with Crippen molar-refractivity contribution in [3.8, 4) is 0 Å². The number of aryl methyl sites for hydroxylation is 1. The van der Waals surface area contributed by atoms with E-state index in [1.807, 2.05) is 18.2 Å². The summed E-state index contributed by atoms with van der Waals surface area (Å²) in [4.78, 5) is 0. The van der Waals surface area contributed by atoms with Crippen molar-refractivity contribution in [1.82, 2.24) is 0 Å². The lowest BCUT2D eigenvalue weighted by Gasteiger charge is -2.20. The molecule has 2 aromatic carbocycles. The first-order chi connectivity index (χ1) is 9.30. The standard InChI is InChI=1S/C18H20ClF/c1-12-6-5-7-15(17(12)20)16(19)13-8-10-14(11-9-13)18(2,3)4/h5-11,16H,1-4H3. The van der Waals surface area contributed by atoms with Gasteiger partial charge in [0.2, 0.25) is 0 Å². The van der Waals surface area contributed by atoms with E-state index in [0.29, 0.717) is 11.1 Å². The summed E-state index contributed by atoms with van der Waals surface area (Å²) in [6.07, 6.45) is 0. The minimum Gasteiger partial charge on any atom is -0.206 e. The summed E-state index contributed by atoms with van der Waals surface area (Å²) in [6.45, 7) is 8.26. The van der Waals surface area contributed by atoms with Gasteiger partial charge in [0.1, 0.15) is 5.82 Å². The lowest BCUT2D eigenvalue weighted by atomic mass is 9.86. The van der Waals surface area contributed by atoms with Gasteiger partial charge in [-0.1, -0.05) is 63.2 Å². The van der Waals surface area contributed by atoms with Crippen LogP contribution in [0.25, 0.3) is 0 Å². The molecule has 1 unspecified atom stereocenters. The molecule has 0 bridgehead atoms. The van der Waals surface area contributed by atoms with E-state index in [0.717, 1.165) is 5.56 Å². The van der Waals surface area contributed by atoms with Crippen LogP contribution in [-0.4, -0.2) is 0 Å². The van der Waals surface area contributed by atoms with E-state index < -0.39 is 5.38 Å². The monoisotopic (exact) mass is 290 g/mol. The summed E-state index contributed by atoms with van der Waals surface area (Å²) in [5, 5.41) is -0.455.